The number of benzene rings is 2. The van der Waals surface area contributed by atoms with Crippen molar-refractivity contribution in [3.63, 3.8) is 0 Å². The fourth-order valence-corrected chi connectivity index (χ4v) is 3.71. The Labute approximate surface area is 192 Å². The van der Waals surface area contributed by atoms with Crippen molar-refractivity contribution in [1.82, 2.24) is 9.97 Å². The SMILES string of the molecule is CCCCCCCCc1ccc(-c2ncc(OC(=O)c3ccc(CCC)cc3)cn2)cc1. The van der Waals surface area contributed by atoms with Crippen LogP contribution in [-0.2, 0) is 12.8 Å². The zero-order valence-corrected chi connectivity index (χ0v) is 19.3. The smallest absolute Gasteiger partial charge is 0.343 e. The number of hydrogen-bond acceptors (Lipinski definition) is 4. The molecule has 2 aromatic carbocycles. The monoisotopic (exact) mass is 430 g/mol. The van der Waals surface area contributed by atoms with Gasteiger partial charge >= 0.3 is 5.97 Å². The first-order chi connectivity index (χ1) is 15.7. The molecule has 0 saturated heterocycles. The van der Waals surface area contributed by atoms with Crippen LogP contribution in [-0.4, -0.2) is 15.9 Å². The number of ether oxygens (including phenoxy) is 1. The predicted molar refractivity (Wildman–Crippen MR) is 130 cm³/mol. The van der Waals surface area contributed by atoms with Crippen molar-refractivity contribution in [2.45, 2.75) is 71.6 Å². The number of aryl methyl sites for hydroxylation is 2. The third kappa shape index (κ3) is 7.30. The molecule has 3 rings (SSSR count). The van der Waals surface area contributed by atoms with Crippen molar-refractivity contribution in [3.8, 4) is 17.1 Å². The molecular formula is C28H34N2O2. The van der Waals surface area contributed by atoms with Crippen LogP contribution in [0.2, 0.25) is 0 Å². The highest BCUT2D eigenvalue weighted by atomic mass is 16.5. The van der Waals surface area contributed by atoms with Crippen LogP contribution in [0.3, 0.4) is 0 Å². The molecule has 0 aliphatic rings. The Balaban J connectivity index is 1.50. The predicted octanol–water partition coefficient (Wildman–Crippen LogP) is 7.22. The number of unbranched alkanes of at least 4 members (excludes halogenated alkanes) is 5. The summed E-state index contributed by atoms with van der Waals surface area (Å²) in [6, 6.07) is 16.0. The summed E-state index contributed by atoms with van der Waals surface area (Å²) in [7, 11) is 0. The van der Waals surface area contributed by atoms with E-state index in [1.54, 1.807) is 24.5 Å². The Morgan fingerprint density at radius 2 is 1.31 bits per heavy atom. The number of nitrogens with zero attached hydrogens (tertiary/aromatic N) is 2. The molecule has 0 bridgehead atoms. The summed E-state index contributed by atoms with van der Waals surface area (Å²) in [5.74, 6) is 0.569. The Bertz CT molecular complexity index is 948. The standard InChI is InChI=1S/C28H34N2O2/c1-3-5-6-7-8-9-11-23-12-16-24(17-13-23)27-29-20-26(21-30-27)32-28(31)25-18-14-22(10-4-2)15-19-25/h12-21H,3-11H2,1-2H3. The van der Waals surface area contributed by atoms with E-state index in [1.807, 2.05) is 12.1 Å². The van der Waals surface area contributed by atoms with E-state index < -0.39 is 5.97 Å². The molecular weight excluding hydrogens is 396 g/mol. The van der Waals surface area contributed by atoms with Crippen molar-refractivity contribution in [2.24, 2.45) is 0 Å². The van der Waals surface area contributed by atoms with Gasteiger partial charge in [0.1, 0.15) is 0 Å². The average molecular weight is 431 g/mol. The van der Waals surface area contributed by atoms with Gasteiger partial charge in [-0.2, -0.15) is 0 Å². The second kappa shape index (κ2) is 12.7. The molecule has 0 saturated carbocycles. The van der Waals surface area contributed by atoms with Crippen LogP contribution >= 0.6 is 0 Å². The lowest BCUT2D eigenvalue weighted by Gasteiger charge is -2.06. The van der Waals surface area contributed by atoms with Gasteiger partial charge in [-0.25, -0.2) is 14.8 Å². The van der Waals surface area contributed by atoms with Crippen molar-refractivity contribution in [2.75, 3.05) is 0 Å². The van der Waals surface area contributed by atoms with E-state index in [2.05, 4.69) is 48.1 Å². The van der Waals surface area contributed by atoms with Gasteiger partial charge in [0, 0.05) is 5.56 Å². The maximum absolute atomic E-state index is 12.4. The molecule has 1 aromatic heterocycles. The van der Waals surface area contributed by atoms with E-state index in [1.165, 1.54) is 49.7 Å². The zero-order chi connectivity index (χ0) is 22.6. The van der Waals surface area contributed by atoms with E-state index in [0.717, 1.165) is 24.8 Å². The minimum absolute atomic E-state index is 0.344. The Hall–Kier alpha value is -3.01. The summed E-state index contributed by atoms with van der Waals surface area (Å²) in [6.07, 6.45) is 14.2. The fourth-order valence-electron chi connectivity index (χ4n) is 3.71. The van der Waals surface area contributed by atoms with E-state index >= 15 is 0 Å². The van der Waals surface area contributed by atoms with Crippen molar-refractivity contribution < 1.29 is 9.53 Å². The van der Waals surface area contributed by atoms with Gasteiger partial charge in [-0.1, -0.05) is 88.8 Å². The molecule has 0 fully saturated rings. The summed E-state index contributed by atoms with van der Waals surface area (Å²) < 4.78 is 5.43. The Morgan fingerprint density at radius 3 is 1.97 bits per heavy atom. The van der Waals surface area contributed by atoms with E-state index in [-0.39, 0.29) is 0 Å². The molecule has 1 heterocycles. The van der Waals surface area contributed by atoms with E-state index in [9.17, 15) is 4.79 Å². The van der Waals surface area contributed by atoms with Crippen molar-refractivity contribution in [1.29, 1.82) is 0 Å². The number of rotatable bonds is 12. The molecule has 4 heteroatoms. The molecule has 168 valence electrons. The number of carbonyl (C=O) groups is 1. The van der Waals surface area contributed by atoms with Gasteiger partial charge in [0.25, 0.3) is 0 Å². The first kappa shape index (κ1) is 23.6. The van der Waals surface area contributed by atoms with Crippen LogP contribution in [0.15, 0.2) is 60.9 Å². The lowest BCUT2D eigenvalue weighted by atomic mass is 10.0. The van der Waals surface area contributed by atoms with Crippen LogP contribution in [0.1, 0.15) is 80.3 Å². The van der Waals surface area contributed by atoms with Crippen molar-refractivity contribution >= 4 is 5.97 Å². The maximum atomic E-state index is 12.4. The van der Waals surface area contributed by atoms with E-state index in [0.29, 0.717) is 17.1 Å². The van der Waals surface area contributed by atoms with Gasteiger partial charge in [0.2, 0.25) is 0 Å². The lowest BCUT2D eigenvalue weighted by molar-refractivity contribution is 0.0733. The fraction of sp³-hybridized carbons (Fsp3) is 0.393. The first-order valence-electron chi connectivity index (χ1n) is 11.9. The highest BCUT2D eigenvalue weighted by Gasteiger charge is 2.10. The van der Waals surface area contributed by atoms with Crippen molar-refractivity contribution in [3.05, 3.63) is 77.6 Å². The molecule has 4 nitrogen and oxygen atoms in total. The molecule has 32 heavy (non-hydrogen) atoms. The Kier molecular flexibility index (Phi) is 9.42. The molecule has 0 atom stereocenters. The maximum Gasteiger partial charge on any atom is 0.343 e. The highest BCUT2D eigenvalue weighted by molar-refractivity contribution is 5.91. The molecule has 3 aromatic rings. The Morgan fingerprint density at radius 1 is 0.719 bits per heavy atom. The molecule has 0 amide bonds. The second-order valence-electron chi connectivity index (χ2n) is 8.29. The minimum Gasteiger partial charge on any atom is -0.420 e. The summed E-state index contributed by atoms with van der Waals surface area (Å²) in [5.41, 5.74) is 4.05. The van der Waals surface area contributed by atoms with Gasteiger partial charge in [0.05, 0.1) is 18.0 Å². The molecule has 0 spiro atoms. The molecule has 0 aliphatic carbocycles. The molecule has 0 N–H and O–H groups in total. The van der Waals surface area contributed by atoms with Crippen LogP contribution in [0.4, 0.5) is 0 Å². The van der Waals surface area contributed by atoms with Gasteiger partial charge in [-0.05, 0) is 42.5 Å². The summed E-state index contributed by atoms with van der Waals surface area (Å²) in [6.45, 7) is 4.38. The topological polar surface area (TPSA) is 52.1 Å². The third-order valence-corrected chi connectivity index (χ3v) is 5.60. The minimum atomic E-state index is -0.400. The lowest BCUT2D eigenvalue weighted by Crippen LogP contribution is -2.09. The summed E-state index contributed by atoms with van der Waals surface area (Å²) in [4.78, 5) is 21.1. The second-order valence-corrected chi connectivity index (χ2v) is 8.29. The molecule has 0 unspecified atom stereocenters. The third-order valence-electron chi connectivity index (χ3n) is 5.60. The van der Waals surface area contributed by atoms with Gasteiger partial charge in [0.15, 0.2) is 11.6 Å². The van der Waals surface area contributed by atoms with Crippen LogP contribution in [0.25, 0.3) is 11.4 Å². The van der Waals surface area contributed by atoms with Crippen LogP contribution in [0.5, 0.6) is 5.75 Å². The van der Waals surface area contributed by atoms with E-state index in [4.69, 9.17) is 4.74 Å². The normalized spacial score (nSPS) is 10.8. The van der Waals surface area contributed by atoms with Gasteiger partial charge in [-0.3, -0.25) is 0 Å². The average Bonchev–Trinajstić information content (AvgIpc) is 2.83. The summed E-state index contributed by atoms with van der Waals surface area (Å²) in [5, 5.41) is 0. The van der Waals surface area contributed by atoms with Crippen LogP contribution in [0, 0.1) is 0 Å². The number of aromatic nitrogens is 2. The summed E-state index contributed by atoms with van der Waals surface area (Å²) >= 11 is 0. The molecule has 0 radical (unpaired) electrons. The number of hydrogen-bond donors (Lipinski definition) is 0. The number of carbonyl (C=O) groups excluding carboxylic acids is 1. The number of esters is 1. The zero-order valence-electron chi connectivity index (χ0n) is 19.3. The highest BCUT2D eigenvalue weighted by Crippen LogP contribution is 2.19. The first-order valence-corrected chi connectivity index (χ1v) is 11.9. The molecule has 0 aliphatic heterocycles. The largest absolute Gasteiger partial charge is 0.420 e. The van der Waals surface area contributed by atoms with Gasteiger partial charge < -0.3 is 4.74 Å². The van der Waals surface area contributed by atoms with Gasteiger partial charge in [-0.15, -0.1) is 0 Å². The van der Waals surface area contributed by atoms with Crippen LogP contribution < -0.4 is 4.74 Å². The quantitative estimate of drug-likeness (QED) is 0.225.